The Morgan fingerprint density at radius 3 is 2.58 bits per heavy atom. The molecule has 4 aromatic rings. The molecular weight excluding hydrogens is 461 g/mol. The van der Waals surface area contributed by atoms with Gasteiger partial charge in [0, 0.05) is 10.9 Å². The number of carbonyl (C=O) groups excluding carboxylic acids is 1. The molecule has 33 heavy (non-hydrogen) atoms. The van der Waals surface area contributed by atoms with E-state index in [0.29, 0.717) is 21.7 Å². The highest BCUT2D eigenvalue weighted by atomic mass is 35.5. The number of carbonyl (C=O) groups is 1. The van der Waals surface area contributed by atoms with Crippen molar-refractivity contribution in [1.82, 2.24) is 9.97 Å². The number of halogens is 4. The van der Waals surface area contributed by atoms with E-state index >= 15 is 0 Å². The van der Waals surface area contributed by atoms with Crippen molar-refractivity contribution in [2.24, 2.45) is 5.73 Å². The van der Waals surface area contributed by atoms with Gasteiger partial charge in [-0.25, -0.2) is 9.97 Å². The minimum Gasteiger partial charge on any atom is -0.494 e. The summed E-state index contributed by atoms with van der Waals surface area (Å²) in [4.78, 5) is 20.8. The third-order valence-electron chi connectivity index (χ3n) is 4.78. The van der Waals surface area contributed by atoms with Crippen LogP contribution in [-0.2, 0) is 12.7 Å². The molecule has 7 nitrogen and oxygen atoms in total. The third-order valence-corrected chi connectivity index (χ3v) is 5.11. The number of alkyl halides is 3. The van der Waals surface area contributed by atoms with Crippen molar-refractivity contribution in [3.8, 4) is 17.2 Å². The molecule has 0 aliphatic rings. The first-order valence-electron chi connectivity index (χ1n) is 9.54. The number of nitrogens with one attached hydrogen (secondary N) is 1. The molecule has 0 aliphatic carbocycles. The number of amides is 1. The lowest BCUT2D eigenvalue weighted by Crippen LogP contribution is -2.15. The van der Waals surface area contributed by atoms with Gasteiger partial charge in [-0.2, -0.15) is 13.2 Å². The summed E-state index contributed by atoms with van der Waals surface area (Å²) in [7, 11) is 1.32. The Labute approximate surface area is 190 Å². The lowest BCUT2D eigenvalue weighted by Gasteiger charge is -2.11. The molecule has 1 amide bonds. The molecule has 0 fully saturated rings. The minimum atomic E-state index is -4.63. The Morgan fingerprint density at radius 2 is 1.91 bits per heavy atom. The number of nitrogens with two attached hydrogens (primary N) is 1. The molecular formula is C22H16ClF3N4O3. The van der Waals surface area contributed by atoms with Gasteiger partial charge in [0.15, 0.2) is 11.5 Å². The second-order valence-corrected chi connectivity index (χ2v) is 7.24. The lowest BCUT2D eigenvalue weighted by atomic mass is 10.1. The Kier molecular flexibility index (Phi) is 5.96. The van der Waals surface area contributed by atoms with E-state index in [1.54, 1.807) is 30.3 Å². The number of fused-ring (bicyclic) bond motifs is 1. The van der Waals surface area contributed by atoms with Crippen LogP contribution in [0.2, 0.25) is 5.02 Å². The fourth-order valence-electron chi connectivity index (χ4n) is 3.23. The standard InChI is InChI=1S/C22H16ClF3N4O3/c1-32-15-8-6-12(11-7-9-17(22(24,25)26)29-18(11)15)21-30-19(16(10-27)33-21)20(31)28-14-5-3-2-4-13(14)23/h2-9H,10,27H2,1H3,(H,28,31). The fraction of sp³-hybridized carbons (Fsp3) is 0.136. The predicted octanol–water partition coefficient (Wildman–Crippen LogP) is 5.28. The first kappa shape index (κ1) is 22.6. The summed E-state index contributed by atoms with van der Waals surface area (Å²) in [5, 5.41) is 3.27. The maximum absolute atomic E-state index is 13.2. The van der Waals surface area contributed by atoms with Gasteiger partial charge < -0.3 is 20.2 Å². The molecule has 4 rings (SSSR count). The van der Waals surface area contributed by atoms with Gasteiger partial charge in [0.2, 0.25) is 5.89 Å². The summed E-state index contributed by atoms with van der Waals surface area (Å²) in [6, 6.07) is 11.7. The van der Waals surface area contributed by atoms with E-state index in [4.69, 9.17) is 26.5 Å². The Bertz CT molecular complexity index is 1350. The van der Waals surface area contributed by atoms with E-state index in [-0.39, 0.29) is 35.2 Å². The second-order valence-electron chi connectivity index (χ2n) is 6.83. The molecule has 0 spiro atoms. The van der Waals surface area contributed by atoms with Crippen molar-refractivity contribution in [3.63, 3.8) is 0 Å². The molecule has 0 saturated heterocycles. The van der Waals surface area contributed by atoms with Crippen molar-refractivity contribution in [2.75, 3.05) is 12.4 Å². The number of aromatic nitrogens is 2. The van der Waals surface area contributed by atoms with E-state index in [0.717, 1.165) is 6.07 Å². The fourth-order valence-corrected chi connectivity index (χ4v) is 3.41. The van der Waals surface area contributed by atoms with Crippen molar-refractivity contribution >= 4 is 34.1 Å². The van der Waals surface area contributed by atoms with E-state index in [1.807, 2.05) is 0 Å². The Hall–Kier alpha value is -3.63. The summed E-state index contributed by atoms with van der Waals surface area (Å²) in [6.45, 7) is -0.136. The number of para-hydroxylation sites is 1. The van der Waals surface area contributed by atoms with Crippen LogP contribution in [-0.4, -0.2) is 23.0 Å². The number of rotatable bonds is 5. The van der Waals surface area contributed by atoms with Crippen molar-refractivity contribution < 1.29 is 27.1 Å². The number of oxazole rings is 1. The smallest absolute Gasteiger partial charge is 0.433 e. The maximum atomic E-state index is 13.2. The van der Waals surface area contributed by atoms with Gasteiger partial charge in [-0.15, -0.1) is 0 Å². The van der Waals surface area contributed by atoms with Gasteiger partial charge in [0.1, 0.15) is 17.0 Å². The van der Waals surface area contributed by atoms with Crippen LogP contribution in [0.3, 0.4) is 0 Å². The summed E-state index contributed by atoms with van der Waals surface area (Å²) in [5.74, 6) is -0.372. The number of hydrogen-bond donors (Lipinski definition) is 2. The molecule has 2 aromatic heterocycles. The summed E-state index contributed by atoms with van der Waals surface area (Å²) in [5.41, 5.74) is 5.25. The van der Waals surface area contributed by atoms with Crippen molar-refractivity contribution in [2.45, 2.75) is 12.7 Å². The zero-order chi connectivity index (χ0) is 23.8. The SMILES string of the molecule is COc1ccc(-c2nc(C(=O)Nc3ccccc3Cl)c(CN)o2)c2ccc(C(F)(F)F)nc12. The average molecular weight is 477 g/mol. The first-order chi connectivity index (χ1) is 15.7. The summed E-state index contributed by atoms with van der Waals surface area (Å²) in [6.07, 6.45) is -4.63. The van der Waals surface area contributed by atoms with Crippen LogP contribution < -0.4 is 15.8 Å². The molecule has 2 aromatic carbocycles. The van der Waals surface area contributed by atoms with Crippen LogP contribution >= 0.6 is 11.6 Å². The Balaban J connectivity index is 1.80. The third kappa shape index (κ3) is 4.35. The number of methoxy groups -OCH3 is 1. The van der Waals surface area contributed by atoms with Crippen LogP contribution in [0.5, 0.6) is 5.75 Å². The van der Waals surface area contributed by atoms with E-state index in [9.17, 15) is 18.0 Å². The quantitative estimate of drug-likeness (QED) is 0.406. The summed E-state index contributed by atoms with van der Waals surface area (Å²) >= 11 is 6.09. The van der Waals surface area contributed by atoms with Gasteiger partial charge in [0.05, 0.1) is 24.4 Å². The van der Waals surface area contributed by atoms with Gasteiger partial charge in [-0.1, -0.05) is 23.7 Å². The number of nitrogens with zero attached hydrogens (tertiary/aromatic N) is 2. The van der Waals surface area contributed by atoms with E-state index in [1.165, 1.54) is 19.2 Å². The molecule has 0 saturated carbocycles. The second kappa shape index (κ2) is 8.72. The number of anilines is 1. The van der Waals surface area contributed by atoms with Gasteiger partial charge in [-0.3, -0.25) is 4.79 Å². The normalized spacial score (nSPS) is 11.6. The topological polar surface area (TPSA) is 103 Å². The van der Waals surface area contributed by atoms with Crippen LogP contribution in [0.15, 0.2) is 52.9 Å². The maximum Gasteiger partial charge on any atom is 0.433 e. The highest BCUT2D eigenvalue weighted by Gasteiger charge is 2.33. The molecule has 0 unspecified atom stereocenters. The lowest BCUT2D eigenvalue weighted by molar-refractivity contribution is -0.140. The highest BCUT2D eigenvalue weighted by molar-refractivity contribution is 6.33. The average Bonchev–Trinajstić information content (AvgIpc) is 3.23. The van der Waals surface area contributed by atoms with Crippen LogP contribution in [0.1, 0.15) is 21.9 Å². The zero-order valence-corrected chi connectivity index (χ0v) is 17.8. The monoisotopic (exact) mass is 476 g/mol. The van der Waals surface area contributed by atoms with E-state index in [2.05, 4.69) is 15.3 Å². The highest BCUT2D eigenvalue weighted by Crippen LogP contribution is 2.37. The number of hydrogen-bond acceptors (Lipinski definition) is 6. The zero-order valence-electron chi connectivity index (χ0n) is 17.0. The molecule has 0 bridgehead atoms. The van der Waals surface area contributed by atoms with Gasteiger partial charge in [0.25, 0.3) is 5.91 Å². The minimum absolute atomic E-state index is 0.00558. The van der Waals surface area contributed by atoms with Gasteiger partial charge >= 0.3 is 6.18 Å². The molecule has 0 atom stereocenters. The van der Waals surface area contributed by atoms with Crippen LogP contribution in [0.25, 0.3) is 22.4 Å². The van der Waals surface area contributed by atoms with Crippen LogP contribution in [0.4, 0.5) is 18.9 Å². The predicted molar refractivity (Wildman–Crippen MR) is 116 cm³/mol. The van der Waals surface area contributed by atoms with Crippen molar-refractivity contribution in [3.05, 3.63) is 70.7 Å². The summed E-state index contributed by atoms with van der Waals surface area (Å²) < 4.78 is 50.4. The van der Waals surface area contributed by atoms with Crippen LogP contribution in [0, 0.1) is 0 Å². The Morgan fingerprint density at radius 1 is 1.15 bits per heavy atom. The molecule has 3 N–H and O–H groups in total. The van der Waals surface area contributed by atoms with Crippen molar-refractivity contribution in [1.29, 1.82) is 0 Å². The number of benzene rings is 2. The molecule has 0 radical (unpaired) electrons. The number of ether oxygens (including phenoxy) is 1. The van der Waals surface area contributed by atoms with E-state index < -0.39 is 17.8 Å². The van der Waals surface area contributed by atoms with Gasteiger partial charge in [-0.05, 0) is 36.4 Å². The molecule has 0 aliphatic heterocycles. The number of pyridine rings is 1. The molecule has 170 valence electrons. The molecule has 11 heteroatoms. The largest absolute Gasteiger partial charge is 0.494 e. The molecule has 2 heterocycles. The first-order valence-corrected chi connectivity index (χ1v) is 9.91.